The molecule has 0 spiro atoms. The second-order valence-corrected chi connectivity index (χ2v) is 6.17. The zero-order chi connectivity index (χ0) is 15.2. The van der Waals surface area contributed by atoms with Gasteiger partial charge in [0, 0.05) is 6.92 Å². The van der Waals surface area contributed by atoms with Gasteiger partial charge in [-0.15, -0.1) is 0 Å². The van der Waals surface area contributed by atoms with Crippen LogP contribution in [0, 0.1) is 0 Å². The van der Waals surface area contributed by atoms with Gasteiger partial charge < -0.3 is 4.74 Å². The molecule has 0 saturated heterocycles. The Morgan fingerprint density at radius 1 is 1.25 bits per heavy atom. The van der Waals surface area contributed by atoms with Crippen LogP contribution in [0.1, 0.15) is 58.6 Å². The monoisotopic (exact) mass is 274 g/mol. The van der Waals surface area contributed by atoms with E-state index in [0.717, 1.165) is 12.8 Å². The average molecular weight is 274 g/mol. The lowest BCUT2D eigenvalue weighted by Crippen LogP contribution is -2.13. The Labute approximate surface area is 122 Å². The fourth-order valence-electron chi connectivity index (χ4n) is 2.23. The Bertz CT molecular complexity index is 478. The third-order valence-electron chi connectivity index (χ3n) is 3.16. The second kappa shape index (κ2) is 7.28. The molecule has 0 amide bonds. The molecule has 0 N–H and O–H groups in total. The first-order chi connectivity index (χ1) is 9.34. The quantitative estimate of drug-likeness (QED) is 0.725. The predicted octanol–water partition coefficient (Wildman–Crippen LogP) is 4.73. The van der Waals surface area contributed by atoms with Crippen molar-refractivity contribution in [3.63, 3.8) is 0 Å². The van der Waals surface area contributed by atoms with E-state index in [1.807, 2.05) is 0 Å². The van der Waals surface area contributed by atoms with Crippen molar-refractivity contribution in [2.24, 2.45) is 0 Å². The molecule has 110 valence electrons. The number of hydrogen-bond donors (Lipinski definition) is 0. The number of ether oxygens (including phenoxy) is 1. The SMILES string of the molecule is CCC/C(=C\c1ccccc1C(C)(C)C)COC(C)=O. The first kappa shape index (κ1) is 16.5. The molecule has 0 aliphatic carbocycles. The average Bonchev–Trinajstić information content (AvgIpc) is 2.35. The molecule has 0 aliphatic heterocycles. The van der Waals surface area contributed by atoms with Gasteiger partial charge in [-0.2, -0.15) is 0 Å². The number of carbonyl (C=O) groups is 1. The molecule has 0 fully saturated rings. The highest BCUT2D eigenvalue weighted by molar-refractivity contribution is 5.66. The Kier molecular flexibility index (Phi) is 6.00. The summed E-state index contributed by atoms with van der Waals surface area (Å²) in [7, 11) is 0. The maximum atomic E-state index is 11.0. The lowest BCUT2D eigenvalue weighted by Gasteiger charge is -2.22. The predicted molar refractivity (Wildman–Crippen MR) is 84.7 cm³/mol. The van der Waals surface area contributed by atoms with E-state index in [0.29, 0.717) is 6.61 Å². The molecule has 1 aromatic rings. The van der Waals surface area contributed by atoms with Crippen LogP contribution in [0.5, 0.6) is 0 Å². The van der Waals surface area contributed by atoms with Crippen LogP contribution in [0.25, 0.3) is 6.08 Å². The molecule has 0 heterocycles. The van der Waals surface area contributed by atoms with Gasteiger partial charge in [0.2, 0.25) is 0 Å². The molecule has 2 heteroatoms. The summed E-state index contributed by atoms with van der Waals surface area (Å²) in [4.78, 5) is 11.0. The van der Waals surface area contributed by atoms with Gasteiger partial charge >= 0.3 is 5.97 Å². The summed E-state index contributed by atoms with van der Waals surface area (Å²) in [5, 5.41) is 0. The highest BCUT2D eigenvalue weighted by Gasteiger charge is 2.16. The maximum Gasteiger partial charge on any atom is 0.302 e. The van der Waals surface area contributed by atoms with E-state index < -0.39 is 0 Å². The number of benzene rings is 1. The van der Waals surface area contributed by atoms with Crippen molar-refractivity contribution in [3.05, 3.63) is 41.0 Å². The van der Waals surface area contributed by atoms with Crippen LogP contribution >= 0.6 is 0 Å². The van der Waals surface area contributed by atoms with Crippen molar-refractivity contribution in [2.75, 3.05) is 6.61 Å². The van der Waals surface area contributed by atoms with Crippen LogP contribution in [0.3, 0.4) is 0 Å². The molecule has 1 aromatic carbocycles. The molecule has 0 aliphatic rings. The molecule has 1 rings (SSSR count). The van der Waals surface area contributed by atoms with Gasteiger partial charge in [-0.25, -0.2) is 0 Å². The second-order valence-electron chi connectivity index (χ2n) is 6.17. The molecule has 0 radical (unpaired) electrons. The Morgan fingerprint density at radius 3 is 2.45 bits per heavy atom. The molecule has 0 aromatic heterocycles. The Morgan fingerprint density at radius 2 is 1.90 bits per heavy atom. The summed E-state index contributed by atoms with van der Waals surface area (Å²) in [5.41, 5.74) is 3.80. The highest BCUT2D eigenvalue weighted by Crippen LogP contribution is 2.27. The van der Waals surface area contributed by atoms with Crippen LogP contribution in [0.15, 0.2) is 29.8 Å². The fraction of sp³-hybridized carbons (Fsp3) is 0.500. The first-order valence-electron chi connectivity index (χ1n) is 7.27. The van der Waals surface area contributed by atoms with E-state index in [1.165, 1.54) is 23.6 Å². The molecular formula is C18H26O2. The van der Waals surface area contributed by atoms with E-state index >= 15 is 0 Å². The van der Waals surface area contributed by atoms with Crippen molar-refractivity contribution >= 4 is 12.0 Å². The zero-order valence-corrected chi connectivity index (χ0v) is 13.3. The topological polar surface area (TPSA) is 26.3 Å². The molecule has 20 heavy (non-hydrogen) atoms. The standard InChI is InChI=1S/C18H26O2/c1-6-9-15(13-20-14(2)19)12-16-10-7-8-11-17(16)18(3,4)5/h7-8,10-12H,6,9,13H2,1-5H3/b15-12+. The highest BCUT2D eigenvalue weighted by atomic mass is 16.5. The molecule has 0 saturated carbocycles. The van der Waals surface area contributed by atoms with Gasteiger partial charge in [0.1, 0.15) is 6.61 Å². The van der Waals surface area contributed by atoms with Gasteiger partial charge in [0.25, 0.3) is 0 Å². The van der Waals surface area contributed by atoms with E-state index in [-0.39, 0.29) is 11.4 Å². The summed E-state index contributed by atoms with van der Waals surface area (Å²) < 4.78 is 5.15. The largest absolute Gasteiger partial charge is 0.461 e. The number of rotatable bonds is 5. The number of hydrogen-bond acceptors (Lipinski definition) is 2. The Balaban J connectivity index is 3.07. The summed E-state index contributed by atoms with van der Waals surface area (Å²) in [5.74, 6) is -0.226. The van der Waals surface area contributed by atoms with Crippen LogP contribution in [-0.4, -0.2) is 12.6 Å². The van der Waals surface area contributed by atoms with Gasteiger partial charge in [-0.05, 0) is 28.5 Å². The van der Waals surface area contributed by atoms with E-state index in [9.17, 15) is 4.79 Å². The van der Waals surface area contributed by atoms with Gasteiger partial charge in [-0.3, -0.25) is 4.79 Å². The summed E-state index contributed by atoms with van der Waals surface area (Å²) >= 11 is 0. The van der Waals surface area contributed by atoms with Gasteiger partial charge in [0.05, 0.1) is 0 Å². The summed E-state index contributed by atoms with van der Waals surface area (Å²) in [6.45, 7) is 10.6. The van der Waals surface area contributed by atoms with Crippen LogP contribution in [-0.2, 0) is 14.9 Å². The van der Waals surface area contributed by atoms with Crippen LogP contribution in [0.4, 0.5) is 0 Å². The number of esters is 1. The van der Waals surface area contributed by atoms with E-state index in [1.54, 1.807) is 0 Å². The maximum absolute atomic E-state index is 11.0. The van der Waals surface area contributed by atoms with Crippen molar-refractivity contribution < 1.29 is 9.53 Å². The van der Waals surface area contributed by atoms with E-state index in [4.69, 9.17) is 4.74 Å². The smallest absolute Gasteiger partial charge is 0.302 e. The summed E-state index contributed by atoms with van der Waals surface area (Å²) in [6, 6.07) is 8.42. The minimum Gasteiger partial charge on any atom is -0.461 e. The van der Waals surface area contributed by atoms with E-state index in [2.05, 4.69) is 58.0 Å². The van der Waals surface area contributed by atoms with Crippen LogP contribution in [0.2, 0.25) is 0 Å². The molecule has 0 atom stereocenters. The van der Waals surface area contributed by atoms with Crippen LogP contribution < -0.4 is 0 Å². The first-order valence-corrected chi connectivity index (χ1v) is 7.27. The molecule has 0 bridgehead atoms. The molecular weight excluding hydrogens is 248 g/mol. The van der Waals surface area contributed by atoms with Gasteiger partial charge in [-0.1, -0.05) is 64.5 Å². The zero-order valence-electron chi connectivity index (χ0n) is 13.3. The minimum atomic E-state index is -0.226. The lowest BCUT2D eigenvalue weighted by molar-refractivity contribution is -0.140. The number of carbonyl (C=O) groups excluding carboxylic acids is 1. The lowest BCUT2D eigenvalue weighted by atomic mass is 9.83. The molecule has 0 unspecified atom stereocenters. The van der Waals surface area contributed by atoms with Crippen molar-refractivity contribution in [3.8, 4) is 0 Å². The van der Waals surface area contributed by atoms with Crippen molar-refractivity contribution in [2.45, 2.75) is 52.9 Å². The van der Waals surface area contributed by atoms with Crippen molar-refractivity contribution in [1.29, 1.82) is 0 Å². The fourth-order valence-corrected chi connectivity index (χ4v) is 2.23. The normalized spacial score (nSPS) is 12.3. The third-order valence-corrected chi connectivity index (χ3v) is 3.16. The van der Waals surface area contributed by atoms with Gasteiger partial charge in [0.15, 0.2) is 0 Å². The summed E-state index contributed by atoms with van der Waals surface area (Å²) in [6.07, 6.45) is 4.17. The minimum absolute atomic E-state index is 0.103. The molecule has 2 nitrogen and oxygen atoms in total. The Hall–Kier alpha value is -1.57. The third kappa shape index (κ3) is 5.20. The van der Waals surface area contributed by atoms with Crippen molar-refractivity contribution in [1.82, 2.24) is 0 Å².